The highest BCUT2D eigenvalue weighted by Gasteiger charge is 2.17. The molecule has 3 rings (SSSR count). The molecule has 1 aromatic heterocycles. The minimum Gasteiger partial charge on any atom is -0.482 e. The van der Waals surface area contributed by atoms with E-state index in [1.54, 1.807) is 24.3 Å². The lowest BCUT2D eigenvalue weighted by atomic mass is 9.99. The summed E-state index contributed by atoms with van der Waals surface area (Å²) in [6.07, 6.45) is 4.35. The number of hydrogen-bond donors (Lipinski definition) is 2. The summed E-state index contributed by atoms with van der Waals surface area (Å²) in [5.74, 6) is -0.495. The molecule has 6 nitrogen and oxygen atoms in total. The zero-order valence-electron chi connectivity index (χ0n) is 13.5. The molecule has 0 spiro atoms. The molecule has 1 aliphatic carbocycles. The van der Waals surface area contributed by atoms with Gasteiger partial charge in [0.05, 0.1) is 10.4 Å². The molecule has 1 heterocycles. The van der Waals surface area contributed by atoms with Gasteiger partial charge in [-0.15, -0.1) is 11.3 Å². The lowest BCUT2D eigenvalue weighted by molar-refractivity contribution is -0.123. The Morgan fingerprint density at radius 3 is 2.80 bits per heavy atom. The molecule has 1 aliphatic rings. The van der Waals surface area contributed by atoms with Crippen molar-refractivity contribution in [3.8, 4) is 11.8 Å². The third-order valence-electron chi connectivity index (χ3n) is 3.90. The summed E-state index contributed by atoms with van der Waals surface area (Å²) in [4.78, 5) is 25.8. The van der Waals surface area contributed by atoms with Crippen molar-refractivity contribution >= 4 is 23.2 Å². The number of amides is 2. The second kappa shape index (κ2) is 7.81. The van der Waals surface area contributed by atoms with Crippen molar-refractivity contribution in [1.82, 2.24) is 10.9 Å². The van der Waals surface area contributed by atoms with Crippen molar-refractivity contribution in [2.75, 3.05) is 6.61 Å². The number of para-hydroxylation sites is 1. The number of nitriles is 1. The Labute approximate surface area is 149 Å². The van der Waals surface area contributed by atoms with Gasteiger partial charge in [0, 0.05) is 4.88 Å². The highest BCUT2D eigenvalue weighted by Crippen LogP contribution is 2.29. The van der Waals surface area contributed by atoms with Crippen LogP contribution in [0.25, 0.3) is 0 Å². The van der Waals surface area contributed by atoms with Crippen LogP contribution in [0.15, 0.2) is 30.3 Å². The summed E-state index contributed by atoms with van der Waals surface area (Å²) in [6, 6.07) is 10.5. The fraction of sp³-hybridized carbons (Fsp3) is 0.278. The number of hydrogen-bond acceptors (Lipinski definition) is 5. The molecule has 0 atom stereocenters. The maximum Gasteiger partial charge on any atom is 0.279 e. The molecule has 0 saturated carbocycles. The molecule has 2 N–H and O–H groups in total. The van der Waals surface area contributed by atoms with Crippen LogP contribution < -0.4 is 15.6 Å². The second-order valence-corrected chi connectivity index (χ2v) is 6.80. The van der Waals surface area contributed by atoms with Crippen molar-refractivity contribution in [3.05, 3.63) is 51.2 Å². The van der Waals surface area contributed by atoms with E-state index in [1.807, 2.05) is 12.1 Å². The smallest absolute Gasteiger partial charge is 0.279 e. The van der Waals surface area contributed by atoms with Crippen molar-refractivity contribution in [2.24, 2.45) is 0 Å². The van der Waals surface area contributed by atoms with Gasteiger partial charge in [0.1, 0.15) is 11.8 Å². The van der Waals surface area contributed by atoms with E-state index in [1.165, 1.54) is 21.8 Å². The molecule has 0 unspecified atom stereocenters. The van der Waals surface area contributed by atoms with Gasteiger partial charge in [-0.3, -0.25) is 20.4 Å². The zero-order chi connectivity index (χ0) is 17.6. The topological polar surface area (TPSA) is 91.2 Å². The third kappa shape index (κ3) is 4.17. The van der Waals surface area contributed by atoms with Crippen molar-refractivity contribution in [3.63, 3.8) is 0 Å². The summed E-state index contributed by atoms with van der Waals surface area (Å²) in [6.45, 7) is -0.292. The molecule has 0 fully saturated rings. The van der Waals surface area contributed by atoms with Gasteiger partial charge in [0.15, 0.2) is 6.61 Å². The normalized spacial score (nSPS) is 12.6. The van der Waals surface area contributed by atoms with E-state index < -0.39 is 5.91 Å². The molecule has 1 aromatic carbocycles. The first-order chi connectivity index (χ1) is 12.2. The van der Waals surface area contributed by atoms with Crippen LogP contribution in [0, 0.1) is 11.3 Å². The average molecular weight is 355 g/mol. The molecule has 0 saturated heterocycles. The SMILES string of the molecule is N#Cc1ccccc1OCC(=O)NNC(=O)c1cc2c(s1)CCCC2. The monoisotopic (exact) mass is 355 g/mol. The van der Waals surface area contributed by atoms with E-state index in [0.717, 1.165) is 25.7 Å². The predicted octanol–water partition coefficient (Wildman–Crippen LogP) is 2.34. The van der Waals surface area contributed by atoms with Crippen LogP contribution >= 0.6 is 11.3 Å². The molecule has 128 valence electrons. The number of nitrogens with one attached hydrogen (secondary N) is 2. The quantitative estimate of drug-likeness (QED) is 0.824. The third-order valence-corrected chi connectivity index (χ3v) is 5.14. The van der Waals surface area contributed by atoms with Crippen LogP contribution in [0.3, 0.4) is 0 Å². The Morgan fingerprint density at radius 2 is 2.00 bits per heavy atom. The van der Waals surface area contributed by atoms with E-state index >= 15 is 0 Å². The Bertz CT molecular complexity index is 815. The fourth-order valence-corrected chi connectivity index (χ4v) is 3.80. The zero-order valence-corrected chi connectivity index (χ0v) is 14.3. The number of rotatable bonds is 4. The molecule has 7 heteroatoms. The highest BCUT2D eigenvalue weighted by atomic mass is 32.1. The van der Waals surface area contributed by atoms with E-state index in [-0.39, 0.29) is 12.5 Å². The molecule has 2 aromatic rings. The average Bonchev–Trinajstić information content (AvgIpc) is 3.09. The van der Waals surface area contributed by atoms with Crippen LogP contribution in [-0.4, -0.2) is 18.4 Å². The maximum absolute atomic E-state index is 12.1. The van der Waals surface area contributed by atoms with Gasteiger partial charge in [-0.2, -0.15) is 5.26 Å². The van der Waals surface area contributed by atoms with E-state index in [4.69, 9.17) is 10.00 Å². The van der Waals surface area contributed by atoms with Crippen LogP contribution in [0.4, 0.5) is 0 Å². The predicted molar refractivity (Wildman–Crippen MR) is 93.2 cm³/mol. The van der Waals surface area contributed by atoms with Crippen LogP contribution in [0.5, 0.6) is 5.75 Å². The lowest BCUT2D eigenvalue weighted by Crippen LogP contribution is -2.43. The molecule has 25 heavy (non-hydrogen) atoms. The van der Waals surface area contributed by atoms with Gasteiger partial charge in [-0.25, -0.2) is 0 Å². The van der Waals surface area contributed by atoms with E-state index in [2.05, 4.69) is 10.9 Å². The number of benzene rings is 1. The Balaban J connectivity index is 1.49. The fourth-order valence-electron chi connectivity index (χ4n) is 2.65. The first-order valence-electron chi connectivity index (χ1n) is 8.00. The minimum absolute atomic E-state index is 0.292. The van der Waals surface area contributed by atoms with Crippen LogP contribution in [0.1, 0.15) is 38.5 Å². The molecule has 0 aliphatic heterocycles. The summed E-state index contributed by atoms with van der Waals surface area (Å²) in [7, 11) is 0. The van der Waals surface area contributed by atoms with Gasteiger partial charge in [-0.05, 0) is 49.4 Å². The number of carbonyl (C=O) groups is 2. The first-order valence-corrected chi connectivity index (χ1v) is 8.81. The number of aryl methyl sites for hydroxylation is 2. The Morgan fingerprint density at radius 1 is 1.20 bits per heavy atom. The van der Waals surface area contributed by atoms with Crippen molar-refractivity contribution in [2.45, 2.75) is 25.7 Å². The maximum atomic E-state index is 12.1. The molecule has 0 bridgehead atoms. The van der Waals surface area contributed by atoms with Crippen molar-refractivity contribution < 1.29 is 14.3 Å². The number of hydrazine groups is 1. The minimum atomic E-state index is -0.498. The summed E-state index contributed by atoms with van der Waals surface area (Å²) in [5, 5.41) is 8.97. The molecule has 0 radical (unpaired) electrons. The lowest BCUT2D eigenvalue weighted by Gasteiger charge is -2.09. The highest BCUT2D eigenvalue weighted by molar-refractivity contribution is 7.14. The van der Waals surface area contributed by atoms with Gasteiger partial charge >= 0.3 is 0 Å². The van der Waals surface area contributed by atoms with Crippen LogP contribution in [0.2, 0.25) is 0 Å². The first kappa shape index (κ1) is 17.0. The van der Waals surface area contributed by atoms with E-state index in [9.17, 15) is 9.59 Å². The second-order valence-electron chi connectivity index (χ2n) is 5.67. The number of fused-ring (bicyclic) bond motifs is 1. The Hall–Kier alpha value is -2.85. The van der Waals surface area contributed by atoms with Gasteiger partial charge < -0.3 is 4.74 Å². The largest absolute Gasteiger partial charge is 0.482 e. The van der Waals surface area contributed by atoms with Gasteiger partial charge in [0.2, 0.25) is 0 Å². The summed E-state index contributed by atoms with van der Waals surface area (Å²) >= 11 is 1.48. The number of ether oxygens (including phenoxy) is 1. The molecular formula is C18H17N3O3S. The summed E-state index contributed by atoms with van der Waals surface area (Å²) in [5.41, 5.74) is 6.32. The number of nitrogens with zero attached hydrogens (tertiary/aromatic N) is 1. The van der Waals surface area contributed by atoms with Gasteiger partial charge in [-0.1, -0.05) is 12.1 Å². The standard InChI is InChI=1S/C18H17N3O3S/c19-10-13-6-1-3-7-14(13)24-11-17(22)20-21-18(23)16-9-12-5-2-4-8-15(12)25-16/h1,3,6-7,9H,2,4-5,8,11H2,(H,20,22)(H,21,23). The molecule has 2 amide bonds. The van der Waals surface area contributed by atoms with E-state index in [0.29, 0.717) is 16.2 Å². The number of thiophene rings is 1. The molecular weight excluding hydrogens is 338 g/mol. The summed E-state index contributed by atoms with van der Waals surface area (Å²) < 4.78 is 5.31. The Kier molecular flexibility index (Phi) is 5.31. The number of carbonyl (C=O) groups excluding carboxylic acids is 2. The van der Waals surface area contributed by atoms with Crippen LogP contribution in [-0.2, 0) is 17.6 Å². The van der Waals surface area contributed by atoms with Gasteiger partial charge in [0.25, 0.3) is 11.8 Å². The van der Waals surface area contributed by atoms with Crippen molar-refractivity contribution in [1.29, 1.82) is 5.26 Å².